The van der Waals surface area contributed by atoms with E-state index < -0.39 is 0 Å². The van der Waals surface area contributed by atoms with Crippen molar-refractivity contribution in [2.45, 2.75) is 39.2 Å². The lowest BCUT2D eigenvalue weighted by atomic mass is 9.92. The van der Waals surface area contributed by atoms with Crippen LogP contribution >= 0.6 is 27.3 Å². The predicted molar refractivity (Wildman–Crippen MR) is 80.6 cm³/mol. The summed E-state index contributed by atoms with van der Waals surface area (Å²) in [7, 11) is 0. The molecule has 1 atom stereocenters. The van der Waals surface area contributed by atoms with Gasteiger partial charge in [-0.1, -0.05) is 13.8 Å². The van der Waals surface area contributed by atoms with Crippen molar-refractivity contribution in [2.24, 2.45) is 5.41 Å². The molecule has 1 heterocycles. The summed E-state index contributed by atoms with van der Waals surface area (Å²) in [6.45, 7) is 4.52. The van der Waals surface area contributed by atoms with Crippen molar-refractivity contribution in [3.63, 3.8) is 0 Å². The zero-order valence-corrected chi connectivity index (χ0v) is 13.1. The summed E-state index contributed by atoms with van der Waals surface area (Å²) >= 11 is 5.03. The summed E-state index contributed by atoms with van der Waals surface area (Å²) in [5, 5.41) is 3.08. The maximum absolute atomic E-state index is 11.8. The number of hydrogen-bond acceptors (Lipinski definition) is 2. The lowest BCUT2D eigenvalue weighted by molar-refractivity contribution is -0.117. The number of carbonyl (C=O) groups excluding carboxylic acids is 1. The van der Waals surface area contributed by atoms with E-state index in [1.165, 1.54) is 6.42 Å². The minimum Gasteiger partial charge on any atom is -0.350 e. The van der Waals surface area contributed by atoms with Crippen LogP contribution in [0.5, 0.6) is 0 Å². The highest BCUT2D eigenvalue weighted by molar-refractivity contribution is 9.11. The van der Waals surface area contributed by atoms with Gasteiger partial charge >= 0.3 is 0 Å². The first-order valence-corrected chi connectivity index (χ1v) is 7.79. The zero-order chi connectivity index (χ0) is 13.2. The van der Waals surface area contributed by atoms with Crippen LogP contribution in [0.15, 0.2) is 22.0 Å². The van der Waals surface area contributed by atoms with Gasteiger partial charge in [0.05, 0.1) is 3.79 Å². The third-order valence-corrected chi connectivity index (χ3v) is 4.90. The van der Waals surface area contributed by atoms with Gasteiger partial charge in [-0.25, -0.2) is 0 Å². The summed E-state index contributed by atoms with van der Waals surface area (Å²) in [4.78, 5) is 12.9. The van der Waals surface area contributed by atoms with Crippen LogP contribution in [-0.4, -0.2) is 11.9 Å². The van der Waals surface area contributed by atoms with E-state index in [4.69, 9.17) is 0 Å². The fraction of sp³-hybridized carbons (Fsp3) is 0.500. The molecular weight excluding hydrogens is 310 g/mol. The number of carbonyl (C=O) groups is 1. The third kappa shape index (κ3) is 3.95. The molecule has 1 aromatic rings. The Hall–Kier alpha value is -0.610. The maximum atomic E-state index is 11.8. The highest BCUT2D eigenvalue weighted by Crippen LogP contribution is 2.36. The van der Waals surface area contributed by atoms with Crippen molar-refractivity contribution < 1.29 is 4.79 Å². The van der Waals surface area contributed by atoms with Crippen LogP contribution in [0.3, 0.4) is 0 Å². The number of hydrogen-bond donors (Lipinski definition) is 1. The standard InChI is InChI=1S/C14H18BrNOS/c1-14(2)8-7-10(9-14)16-13(17)6-4-11-3-5-12(15)18-11/h3-6,10H,7-9H2,1-2H3,(H,16,17)/b6-4+. The van der Waals surface area contributed by atoms with E-state index in [-0.39, 0.29) is 5.91 Å². The first-order chi connectivity index (χ1) is 8.44. The molecule has 1 saturated carbocycles. The molecule has 0 aliphatic heterocycles. The third-order valence-electron chi connectivity index (χ3n) is 3.31. The topological polar surface area (TPSA) is 29.1 Å². The molecule has 4 heteroatoms. The van der Waals surface area contributed by atoms with Crippen LogP contribution < -0.4 is 5.32 Å². The highest BCUT2D eigenvalue weighted by atomic mass is 79.9. The minimum atomic E-state index is 0.0159. The molecule has 1 aromatic heterocycles. The molecule has 0 bridgehead atoms. The van der Waals surface area contributed by atoms with Gasteiger partial charge in [-0.15, -0.1) is 11.3 Å². The second-order valence-electron chi connectivity index (χ2n) is 5.59. The molecule has 2 rings (SSSR count). The zero-order valence-electron chi connectivity index (χ0n) is 10.7. The van der Waals surface area contributed by atoms with Crippen molar-refractivity contribution >= 4 is 39.2 Å². The molecule has 0 saturated heterocycles. The Morgan fingerprint density at radius 1 is 1.56 bits per heavy atom. The van der Waals surface area contributed by atoms with Gasteiger partial charge in [-0.3, -0.25) is 4.79 Å². The summed E-state index contributed by atoms with van der Waals surface area (Å²) in [6, 6.07) is 4.33. The molecule has 2 nitrogen and oxygen atoms in total. The molecule has 0 aromatic carbocycles. The van der Waals surface area contributed by atoms with Gasteiger partial charge in [0, 0.05) is 17.0 Å². The van der Waals surface area contributed by atoms with E-state index in [1.807, 2.05) is 18.2 Å². The molecule has 1 aliphatic rings. The van der Waals surface area contributed by atoms with Crippen molar-refractivity contribution in [1.82, 2.24) is 5.32 Å². The van der Waals surface area contributed by atoms with Gasteiger partial charge in [0.15, 0.2) is 0 Å². The smallest absolute Gasteiger partial charge is 0.244 e. The molecule has 0 spiro atoms. The molecule has 1 amide bonds. The molecule has 1 aliphatic carbocycles. The van der Waals surface area contributed by atoms with Gasteiger partial charge in [-0.05, 0) is 58.8 Å². The molecule has 1 N–H and O–H groups in total. The fourth-order valence-electron chi connectivity index (χ4n) is 2.38. The van der Waals surface area contributed by atoms with Gasteiger partial charge in [0.2, 0.25) is 5.91 Å². The van der Waals surface area contributed by atoms with Crippen molar-refractivity contribution in [1.29, 1.82) is 0 Å². The van der Waals surface area contributed by atoms with Crippen molar-refractivity contribution in [2.75, 3.05) is 0 Å². The number of halogens is 1. The Kier molecular flexibility index (Phi) is 4.28. The van der Waals surface area contributed by atoms with Crippen molar-refractivity contribution in [3.05, 3.63) is 26.9 Å². The van der Waals surface area contributed by atoms with E-state index in [9.17, 15) is 4.79 Å². The van der Waals surface area contributed by atoms with E-state index in [1.54, 1.807) is 17.4 Å². The number of thiophene rings is 1. The van der Waals surface area contributed by atoms with Crippen LogP contribution in [0.4, 0.5) is 0 Å². The molecule has 18 heavy (non-hydrogen) atoms. The first kappa shape index (κ1) is 13.8. The number of nitrogens with one attached hydrogen (secondary N) is 1. The van der Waals surface area contributed by atoms with Gasteiger partial charge in [0.25, 0.3) is 0 Å². The average Bonchev–Trinajstić information content (AvgIpc) is 2.82. The highest BCUT2D eigenvalue weighted by Gasteiger charge is 2.31. The van der Waals surface area contributed by atoms with E-state index in [0.717, 1.165) is 21.5 Å². The lowest BCUT2D eigenvalue weighted by Crippen LogP contribution is -2.32. The maximum Gasteiger partial charge on any atom is 0.244 e. The van der Waals surface area contributed by atoms with Crippen LogP contribution in [0.2, 0.25) is 0 Å². The Labute approximate surface area is 121 Å². The Bertz CT molecular complexity index is 464. The molecule has 0 radical (unpaired) electrons. The van der Waals surface area contributed by atoms with Crippen LogP contribution in [-0.2, 0) is 4.79 Å². The monoisotopic (exact) mass is 327 g/mol. The number of amides is 1. The van der Waals surface area contributed by atoms with Gasteiger partial charge < -0.3 is 5.32 Å². The lowest BCUT2D eigenvalue weighted by Gasteiger charge is -2.17. The summed E-state index contributed by atoms with van der Waals surface area (Å²) in [5.41, 5.74) is 0.375. The molecule has 1 fully saturated rings. The molecule has 98 valence electrons. The van der Waals surface area contributed by atoms with Gasteiger partial charge in [0.1, 0.15) is 0 Å². The predicted octanol–water partition coefficient (Wildman–Crippen LogP) is 4.22. The van der Waals surface area contributed by atoms with Crippen LogP contribution in [0, 0.1) is 5.41 Å². The average molecular weight is 328 g/mol. The van der Waals surface area contributed by atoms with E-state index in [2.05, 4.69) is 35.1 Å². The molecule has 1 unspecified atom stereocenters. The summed E-state index contributed by atoms with van der Waals surface area (Å²) in [6.07, 6.45) is 6.86. The Morgan fingerprint density at radius 3 is 2.89 bits per heavy atom. The largest absolute Gasteiger partial charge is 0.350 e. The summed E-state index contributed by atoms with van der Waals surface area (Å²) < 4.78 is 1.08. The second-order valence-corrected chi connectivity index (χ2v) is 8.08. The second kappa shape index (κ2) is 5.57. The van der Waals surface area contributed by atoms with Crippen LogP contribution in [0.25, 0.3) is 6.08 Å². The van der Waals surface area contributed by atoms with E-state index in [0.29, 0.717) is 11.5 Å². The fourth-order valence-corrected chi connectivity index (χ4v) is 3.71. The Balaban J connectivity index is 1.84. The van der Waals surface area contributed by atoms with Crippen molar-refractivity contribution in [3.8, 4) is 0 Å². The normalized spacial score (nSPS) is 22.5. The molecular formula is C14H18BrNOS. The first-order valence-electron chi connectivity index (χ1n) is 6.19. The van der Waals surface area contributed by atoms with Gasteiger partial charge in [-0.2, -0.15) is 0 Å². The SMILES string of the molecule is CC1(C)CCC(NC(=O)/C=C/c2ccc(Br)s2)C1. The van der Waals surface area contributed by atoms with E-state index >= 15 is 0 Å². The summed E-state index contributed by atoms with van der Waals surface area (Å²) in [5.74, 6) is 0.0159. The quantitative estimate of drug-likeness (QED) is 0.827. The minimum absolute atomic E-state index is 0.0159. The van der Waals surface area contributed by atoms with Crippen LogP contribution in [0.1, 0.15) is 38.0 Å². The Morgan fingerprint density at radius 2 is 2.33 bits per heavy atom. The number of rotatable bonds is 3.